The van der Waals surface area contributed by atoms with Crippen LogP contribution < -0.4 is 0 Å². The van der Waals surface area contributed by atoms with Gasteiger partial charge in [0.15, 0.2) is 0 Å². The molecule has 1 N–H and O–H groups in total. The predicted octanol–water partition coefficient (Wildman–Crippen LogP) is 4.82. The first-order valence-electron chi connectivity index (χ1n) is 6.35. The van der Waals surface area contributed by atoms with Crippen molar-refractivity contribution in [3.05, 3.63) is 24.3 Å². The Balaban J connectivity index is 0. The van der Waals surface area contributed by atoms with E-state index in [1.807, 2.05) is 20.8 Å². The minimum Gasteiger partial charge on any atom is -0.478 e. The average Bonchev–Trinajstić information content (AvgIpc) is 2.23. The number of carboxylic acid groups (broad SMARTS) is 1. The van der Waals surface area contributed by atoms with Crippen LogP contribution >= 0.6 is 0 Å². The lowest BCUT2D eigenvalue weighted by Gasteiger charge is -2.17. The first-order valence-corrected chi connectivity index (χ1v) is 6.35. The maximum atomic E-state index is 10.2. The highest BCUT2D eigenvalue weighted by molar-refractivity contribution is 5.87. The molecule has 17 heavy (non-hydrogen) atoms. The van der Waals surface area contributed by atoms with E-state index in [1.54, 1.807) is 0 Å². The van der Waals surface area contributed by atoms with Crippen molar-refractivity contribution >= 4 is 5.97 Å². The van der Waals surface area contributed by atoms with Gasteiger partial charge in [-0.2, -0.15) is 0 Å². The third-order valence-corrected chi connectivity index (χ3v) is 2.29. The lowest BCUT2D eigenvalue weighted by atomic mass is 9.88. The zero-order valence-corrected chi connectivity index (χ0v) is 12.0. The molecule has 0 aliphatic heterocycles. The van der Waals surface area contributed by atoms with E-state index in [1.165, 1.54) is 25.7 Å². The molecular formula is C15H28O2. The van der Waals surface area contributed by atoms with E-state index >= 15 is 0 Å². The maximum Gasteiger partial charge on any atom is 0.331 e. The summed E-state index contributed by atoms with van der Waals surface area (Å²) in [7, 11) is 0. The van der Waals surface area contributed by atoms with Crippen LogP contribution in [0, 0.1) is 5.41 Å². The molecule has 0 aromatic carbocycles. The van der Waals surface area contributed by atoms with Gasteiger partial charge in [0.25, 0.3) is 0 Å². The number of hydrogen-bond acceptors (Lipinski definition) is 1. The molecule has 0 spiro atoms. The summed E-state index contributed by atoms with van der Waals surface area (Å²) in [5.41, 5.74) is -0.0613. The Labute approximate surface area is 106 Å². The number of carboxylic acids is 1. The molecule has 2 nitrogen and oxygen atoms in total. The molecule has 0 bridgehead atoms. The summed E-state index contributed by atoms with van der Waals surface area (Å²) < 4.78 is 0. The molecule has 0 amide bonds. The molecule has 0 atom stereocenters. The highest BCUT2D eigenvalue weighted by Crippen LogP contribution is 2.22. The van der Waals surface area contributed by atoms with Crippen LogP contribution in [0.25, 0.3) is 0 Å². The Kier molecular flexibility index (Phi) is 10.9. The van der Waals surface area contributed by atoms with Crippen molar-refractivity contribution in [2.45, 2.75) is 60.3 Å². The van der Waals surface area contributed by atoms with E-state index in [-0.39, 0.29) is 11.0 Å². The summed E-state index contributed by atoms with van der Waals surface area (Å²) in [6.07, 6.45) is 9.61. The van der Waals surface area contributed by atoms with Crippen molar-refractivity contribution in [3.8, 4) is 0 Å². The summed E-state index contributed by atoms with van der Waals surface area (Å²) in [6.45, 7) is 13.3. The van der Waals surface area contributed by atoms with Crippen molar-refractivity contribution in [2.75, 3.05) is 0 Å². The number of carbonyl (C=O) groups is 1. The zero-order chi connectivity index (χ0) is 13.9. The molecule has 0 aliphatic carbocycles. The summed E-state index contributed by atoms with van der Waals surface area (Å²) in [6, 6.07) is 0. The lowest BCUT2D eigenvalue weighted by molar-refractivity contribution is -0.133. The van der Waals surface area contributed by atoms with Gasteiger partial charge in [-0.15, -0.1) is 0 Å². The van der Waals surface area contributed by atoms with Gasteiger partial charge >= 0.3 is 5.97 Å². The van der Waals surface area contributed by atoms with Crippen LogP contribution in [0.15, 0.2) is 24.3 Å². The van der Waals surface area contributed by atoms with E-state index in [2.05, 4.69) is 32.6 Å². The molecule has 0 unspecified atom stereocenters. The highest BCUT2D eigenvalue weighted by atomic mass is 16.4. The summed E-state index contributed by atoms with van der Waals surface area (Å²) in [5.74, 6) is -0.914. The molecule has 0 aromatic rings. The summed E-state index contributed by atoms with van der Waals surface area (Å²) in [5, 5.41) is 8.42. The third kappa shape index (κ3) is 12.9. The number of allylic oxidation sites excluding steroid dienone is 2. The van der Waals surface area contributed by atoms with Crippen LogP contribution in [0.3, 0.4) is 0 Å². The van der Waals surface area contributed by atoms with Crippen LogP contribution in [0.4, 0.5) is 0 Å². The molecule has 0 fully saturated rings. The molecule has 0 heterocycles. The van der Waals surface area contributed by atoms with E-state index in [4.69, 9.17) is 5.11 Å². The number of aliphatic carboxylic acids is 1. The van der Waals surface area contributed by atoms with E-state index in [0.29, 0.717) is 0 Å². The molecule has 0 saturated carbocycles. The Bertz CT molecular complexity index is 244. The Morgan fingerprint density at radius 3 is 2.00 bits per heavy atom. The monoisotopic (exact) mass is 240 g/mol. The van der Waals surface area contributed by atoms with Crippen molar-refractivity contribution in [2.24, 2.45) is 5.41 Å². The second-order valence-electron chi connectivity index (χ2n) is 5.06. The largest absolute Gasteiger partial charge is 0.478 e. The second-order valence-corrected chi connectivity index (χ2v) is 5.06. The van der Waals surface area contributed by atoms with Gasteiger partial charge in [-0.25, -0.2) is 4.79 Å². The predicted molar refractivity (Wildman–Crippen MR) is 75.2 cm³/mol. The van der Waals surface area contributed by atoms with Crippen molar-refractivity contribution in [1.29, 1.82) is 0 Å². The molecule has 0 saturated heterocycles. The van der Waals surface area contributed by atoms with Crippen LogP contribution in [0.2, 0.25) is 0 Å². The van der Waals surface area contributed by atoms with E-state index in [0.717, 1.165) is 0 Å². The van der Waals surface area contributed by atoms with Gasteiger partial charge in [0, 0.05) is 5.57 Å². The molecular weight excluding hydrogens is 212 g/mol. The zero-order valence-electron chi connectivity index (χ0n) is 12.0. The van der Waals surface area contributed by atoms with Crippen molar-refractivity contribution in [3.63, 3.8) is 0 Å². The smallest absolute Gasteiger partial charge is 0.331 e. The topological polar surface area (TPSA) is 37.3 Å². The Morgan fingerprint density at radius 2 is 1.76 bits per heavy atom. The summed E-state index contributed by atoms with van der Waals surface area (Å²) >= 11 is 0. The van der Waals surface area contributed by atoms with Gasteiger partial charge in [-0.3, -0.25) is 0 Å². The van der Waals surface area contributed by atoms with Crippen LogP contribution in [-0.4, -0.2) is 11.1 Å². The fourth-order valence-corrected chi connectivity index (χ4v) is 0.927. The standard InChI is InChI=1S/C8H16.C7H12O2/c1-3-5-7-8-6-4-2;1-5(6(8)9)7(2,3)4/h5,7H,3-4,6,8H2,1-2H3;1H2,2-4H3,(H,8,9). The van der Waals surface area contributed by atoms with E-state index < -0.39 is 5.97 Å². The Morgan fingerprint density at radius 1 is 1.24 bits per heavy atom. The van der Waals surface area contributed by atoms with Crippen molar-refractivity contribution < 1.29 is 9.90 Å². The highest BCUT2D eigenvalue weighted by Gasteiger charge is 2.20. The molecule has 0 aliphatic rings. The van der Waals surface area contributed by atoms with Gasteiger partial charge < -0.3 is 5.11 Å². The maximum absolute atomic E-state index is 10.2. The minimum atomic E-state index is -0.914. The minimum absolute atomic E-state index is 0.252. The fourth-order valence-electron chi connectivity index (χ4n) is 0.927. The van der Waals surface area contributed by atoms with Gasteiger partial charge in [-0.1, -0.05) is 66.2 Å². The van der Waals surface area contributed by atoms with Crippen LogP contribution in [0.5, 0.6) is 0 Å². The Hall–Kier alpha value is -1.05. The van der Waals surface area contributed by atoms with Crippen LogP contribution in [0.1, 0.15) is 60.3 Å². The van der Waals surface area contributed by atoms with Gasteiger partial charge in [0.2, 0.25) is 0 Å². The normalized spacial score (nSPS) is 10.9. The number of rotatable bonds is 5. The number of hydrogen-bond donors (Lipinski definition) is 1. The van der Waals surface area contributed by atoms with Gasteiger partial charge in [0.1, 0.15) is 0 Å². The van der Waals surface area contributed by atoms with Gasteiger partial charge in [-0.05, 0) is 18.3 Å². The SMILES string of the molecule is C=C(C(=O)O)C(C)(C)C.CCC=CCCCC. The van der Waals surface area contributed by atoms with E-state index in [9.17, 15) is 4.79 Å². The first kappa shape index (κ1) is 18.3. The third-order valence-electron chi connectivity index (χ3n) is 2.29. The van der Waals surface area contributed by atoms with Gasteiger partial charge in [0.05, 0.1) is 0 Å². The molecule has 100 valence electrons. The fraction of sp³-hybridized carbons (Fsp3) is 0.667. The summed E-state index contributed by atoms with van der Waals surface area (Å²) in [4.78, 5) is 10.2. The second kappa shape index (κ2) is 10.1. The molecule has 0 aromatic heterocycles. The molecule has 0 rings (SSSR count). The van der Waals surface area contributed by atoms with Crippen LogP contribution in [-0.2, 0) is 4.79 Å². The first-order chi connectivity index (χ1) is 7.77. The number of unbranched alkanes of at least 4 members (excludes halogenated alkanes) is 2. The van der Waals surface area contributed by atoms with Crippen molar-refractivity contribution in [1.82, 2.24) is 0 Å². The quantitative estimate of drug-likeness (QED) is 0.425. The lowest BCUT2D eigenvalue weighted by Crippen LogP contribution is -2.15. The molecule has 0 radical (unpaired) electrons. The molecule has 2 heteroatoms. The average molecular weight is 240 g/mol.